The molecule has 0 saturated carbocycles. The quantitative estimate of drug-likeness (QED) is 0.451. The summed E-state index contributed by atoms with van der Waals surface area (Å²) in [6.07, 6.45) is 4.91. The summed E-state index contributed by atoms with van der Waals surface area (Å²) in [5.41, 5.74) is 4.93. The molecule has 0 atom stereocenters. The smallest absolute Gasteiger partial charge is 0.277 e. The van der Waals surface area contributed by atoms with Crippen LogP contribution in [0.3, 0.4) is 0 Å². The summed E-state index contributed by atoms with van der Waals surface area (Å²) < 4.78 is 21.5. The van der Waals surface area contributed by atoms with Crippen LogP contribution in [0.25, 0.3) is 17.0 Å². The van der Waals surface area contributed by atoms with Gasteiger partial charge in [-0.25, -0.2) is 24.4 Å². The molecule has 0 radical (unpaired) electrons. The number of benzene rings is 1. The van der Waals surface area contributed by atoms with Gasteiger partial charge in [0.15, 0.2) is 5.82 Å². The molecule has 10 heteroatoms. The Hall–Kier alpha value is -3.79. The highest BCUT2D eigenvalue weighted by Gasteiger charge is 2.22. The molecule has 0 fully saturated rings. The van der Waals surface area contributed by atoms with Gasteiger partial charge in [0.05, 0.1) is 24.4 Å². The number of oxazole rings is 1. The lowest BCUT2D eigenvalue weighted by molar-refractivity contribution is 0.0533. The van der Waals surface area contributed by atoms with E-state index in [-0.39, 0.29) is 11.5 Å². The fraction of sp³-hybridized carbons (Fsp3) is 0.238. The van der Waals surface area contributed by atoms with Gasteiger partial charge >= 0.3 is 0 Å². The van der Waals surface area contributed by atoms with Gasteiger partial charge in [-0.2, -0.15) is 5.10 Å². The molecule has 1 amide bonds. The maximum atomic E-state index is 14.1. The van der Waals surface area contributed by atoms with Gasteiger partial charge in [0, 0.05) is 11.9 Å². The number of halogens is 1. The van der Waals surface area contributed by atoms with Gasteiger partial charge < -0.3 is 9.73 Å². The number of amides is 1. The minimum Gasteiger partial charge on any atom is -0.441 e. The first-order chi connectivity index (χ1) is 14.9. The van der Waals surface area contributed by atoms with Crippen LogP contribution in [0, 0.1) is 12.7 Å². The third-order valence-corrected chi connectivity index (χ3v) is 4.71. The van der Waals surface area contributed by atoms with Crippen molar-refractivity contribution in [2.75, 3.05) is 12.4 Å². The van der Waals surface area contributed by atoms with E-state index < -0.39 is 11.7 Å². The SMILES string of the molecule is CONC(=O)c1cc(Nc2ncnn3cc(-c4ncc(C)o4)c(C(C)C)c23)ccc1F. The lowest BCUT2D eigenvalue weighted by atomic mass is 10.00. The van der Waals surface area contributed by atoms with Crippen molar-refractivity contribution in [2.24, 2.45) is 0 Å². The summed E-state index contributed by atoms with van der Waals surface area (Å²) in [7, 11) is 1.28. The third-order valence-electron chi connectivity index (χ3n) is 4.71. The lowest BCUT2D eigenvalue weighted by Crippen LogP contribution is -2.23. The third kappa shape index (κ3) is 3.84. The van der Waals surface area contributed by atoms with Gasteiger partial charge in [0.1, 0.15) is 23.4 Å². The molecule has 0 aliphatic rings. The minimum absolute atomic E-state index is 0.106. The number of aryl methyl sites for hydroxylation is 1. The van der Waals surface area contributed by atoms with E-state index >= 15 is 0 Å². The fourth-order valence-electron chi connectivity index (χ4n) is 3.42. The Morgan fingerprint density at radius 2 is 2.10 bits per heavy atom. The molecule has 0 aliphatic carbocycles. The Labute approximate surface area is 177 Å². The number of aromatic nitrogens is 4. The van der Waals surface area contributed by atoms with Gasteiger partial charge in [0.2, 0.25) is 5.89 Å². The Bertz CT molecular complexity index is 1260. The molecule has 3 aromatic heterocycles. The Morgan fingerprint density at radius 3 is 2.77 bits per heavy atom. The number of carbonyl (C=O) groups is 1. The molecule has 31 heavy (non-hydrogen) atoms. The molecule has 2 N–H and O–H groups in total. The largest absolute Gasteiger partial charge is 0.441 e. The van der Waals surface area contributed by atoms with Crippen molar-refractivity contribution < 1.29 is 18.4 Å². The first-order valence-corrected chi connectivity index (χ1v) is 9.58. The second-order valence-corrected chi connectivity index (χ2v) is 7.24. The lowest BCUT2D eigenvalue weighted by Gasteiger charge is -2.12. The highest BCUT2D eigenvalue weighted by atomic mass is 19.1. The van der Waals surface area contributed by atoms with E-state index in [9.17, 15) is 9.18 Å². The van der Waals surface area contributed by atoms with Crippen LogP contribution < -0.4 is 10.8 Å². The second kappa shape index (κ2) is 8.15. The average molecular weight is 424 g/mol. The number of rotatable bonds is 6. The van der Waals surface area contributed by atoms with Crippen molar-refractivity contribution in [3.05, 3.63) is 59.6 Å². The molecule has 3 heterocycles. The molecule has 0 saturated heterocycles. The molecule has 0 bridgehead atoms. The maximum Gasteiger partial charge on any atom is 0.277 e. The van der Waals surface area contributed by atoms with Crippen LogP contribution >= 0.6 is 0 Å². The average Bonchev–Trinajstić information content (AvgIpc) is 3.33. The number of fused-ring (bicyclic) bond motifs is 1. The van der Waals surface area contributed by atoms with E-state index in [1.807, 2.05) is 13.1 Å². The van der Waals surface area contributed by atoms with E-state index in [1.165, 1.54) is 31.6 Å². The number of anilines is 2. The van der Waals surface area contributed by atoms with E-state index in [2.05, 4.69) is 44.5 Å². The van der Waals surface area contributed by atoms with Crippen molar-refractivity contribution in [1.29, 1.82) is 0 Å². The number of hydroxylamine groups is 1. The summed E-state index contributed by atoms with van der Waals surface area (Å²) in [4.78, 5) is 25.4. The highest BCUT2D eigenvalue weighted by molar-refractivity contribution is 5.95. The first-order valence-electron chi connectivity index (χ1n) is 9.58. The summed E-state index contributed by atoms with van der Waals surface area (Å²) in [5.74, 6) is 0.451. The molecule has 4 aromatic rings. The normalized spacial score (nSPS) is 11.3. The van der Waals surface area contributed by atoms with Crippen molar-refractivity contribution in [3.63, 3.8) is 0 Å². The van der Waals surface area contributed by atoms with Gasteiger partial charge in [-0.05, 0) is 36.6 Å². The van der Waals surface area contributed by atoms with Crippen LogP contribution in [-0.2, 0) is 4.84 Å². The minimum atomic E-state index is -0.691. The summed E-state index contributed by atoms with van der Waals surface area (Å²) >= 11 is 0. The molecule has 4 rings (SSSR count). The van der Waals surface area contributed by atoms with Crippen LogP contribution in [0.5, 0.6) is 0 Å². The van der Waals surface area contributed by atoms with Gasteiger partial charge in [0.25, 0.3) is 5.91 Å². The van der Waals surface area contributed by atoms with E-state index in [1.54, 1.807) is 10.7 Å². The number of hydrogen-bond acceptors (Lipinski definition) is 7. The molecule has 0 aliphatic heterocycles. The van der Waals surface area contributed by atoms with Crippen LogP contribution in [0.2, 0.25) is 0 Å². The molecular weight excluding hydrogens is 403 g/mol. The molecular formula is C21H21FN6O3. The van der Waals surface area contributed by atoms with E-state index in [0.717, 1.165) is 16.6 Å². The Morgan fingerprint density at radius 1 is 1.29 bits per heavy atom. The molecule has 9 nitrogen and oxygen atoms in total. The zero-order valence-corrected chi connectivity index (χ0v) is 17.4. The molecule has 0 unspecified atom stereocenters. The number of nitrogens with zero attached hydrogens (tertiary/aromatic N) is 4. The predicted octanol–water partition coefficient (Wildman–Crippen LogP) is 3.99. The van der Waals surface area contributed by atoms with Crippen LogP contribution in [0.15, 0.2) is 41.3 Å². The van der Waals surface area contributed by atoms with Gasteiger partial charge in [-0.1, -0.05) is 13.8 Å². The predicted molar refractivity (Wildman–Crippen MR) is 111 cm³/mol. The summed E-state index contributed by atoms with van der Waals surface area (Å²) in [6, 6.07) is 4.11. The zero-order valence-electron chi connectivity index (χ0n) is 17.4. The van der Waals surface area contributed by atoms with E-state index in [0.29, 0.717) is 23.2 Å². The van der Waals surface area contributed by atoms with Crippen LogP contribution in [0.4, 0.5) is 15.9 Å². The molecule has 160 valence electrons. The number of carbonyl (C=O) groups excluding carboxylic acids is 1. The van der Waals surface area contributed by atoms with Crippen molar-refractivity contribution in [2.45, 2.75) is 26.7 Å². The van der Waals surface area contributed by atoms with Crippen molar-refractivity contribution in [3.8, 4) is 11.5 Å². The number of nitrogens with one attached hydrogen (secondary N) is 2. The second-order valence-electron chi connectivity index (χ2n) is 7.24. The topological polar surface area (TPSA) is 107 Å². The number of hydrogen-bond donors (Lipinski definition) is 2. The maximum absolute atomic E-state index is 14.1. The van der Waals surface area contributed by atoms with Crippen molar-refractivity contribution >= 4 is 22.9 Å². The Kier molecular flexibility index (Phi) is 5.38. The highest BCUT2D eigenvalue weighted by Crippen LogP contribution is 2.36. The summed E-state index contributed by atoms with van der Waals surface area (Å²) in [5, 5.41) is 7.49. The molecule has 0 spiro atoms. The van der Waals surface area contributed by atoms with Crippen molar-refractivity contribution in [1.82, 2.24) is 25.1 Å². The Balaban J connectivity index is 1.81. The monoisotopic (exact) mass is 424 g/mol. The summed E-state index contributed by atoms with van der Waals surface area (Å²) in [6.45, 7) is 5.94. The van der Waals surface area contributed by atoms with Gasteiger partial charge in [-0.3, -0.25) is 9.63 Å². The van der Waals surface area contributed by atoms with E-state index in [4.69, 9.17) is 4.42 Å². The zero-order chi connectivity index (χ0) is 22.1. The first kappa shape index (κ1) is 20.5. The fourth-order valence-corrected chi connectivity index (χ4v) is 3.42. The molecule has 1 aromatic carbocycles. The van der Waals surface area contributed by atoms with Gasteiger partial charge in [-0.15, -0.1) is 0 Å². The standard InChI is InChI=1S/C21H21FN6O3/c1-11(2)17-15(21-23-8-12(3)31-21)9-28-18(17)19(24-10-25-28)26-13-5-6-16(22)14(7-13)20(29)27-30-4/h5-11H,1-4H3,(H,27,29)(H,24,25,26). The van der Waals surface area contributed by atoms with Crippen LogP contribution in [-0.4, -0.2) is 32.6 Å². The van der Waals surface area contributed by atoms with Crippen LogP contribution in [0.1, 0.15) is 41.4 Å².